The summed E-state index contributed by atoms with van der Waals surface area (Å²) in [6.07, 6.45) is 49.5. The molecule has 0 spiro atoms. The minimum absolute atomic E-state index is 0.0637. The fourth-order valence-corrected chi connectivity index (χ4v) is 8.34. The Morgan fingerprint density at radius 3 is 0.803 bits per heavy atom. The molecule has 0 bridgehead atoms. The average molecular weight is 863 g/mol. The molecule has 1 atom stereocenters. The number of rotatable bonds is 49. The molecule has 0 N–H and O–H groups in total. The number of unbranched alkanes of at least 4 members (excludes halogenated alkanes) is 34. The van der Waals surface area contributed by atoms with E-state index in [9.17, 15) is 14.4 Å². The largest absolute Gasteiger partial charge is 0.462 e. The Kier molecular flexibility index (Phi) is 46.6. The Balaban J connectivity index is 4.27. The molecule has 362 valence electrons. The molecule has 0 aromatic carbocycles. The third kappa shape index (κ3) is 49.3. The quantitative estimate of drug-likeness (QED) is 0.0344. The molecule has 0 aromatic rings. The van der Waals surface area contributed by atoms with Crippen molar-refractivity contribution in [3.63, 3.8) is 0 Å². The number of hydrogen-bond acceptors (Lipinski definition) is 6. The molecule has 0 radical (unpaired) electrons. The fraction of sp³-hybridized carbons (Fsp3) is 0.945. The molecule has 0 aliphatic carbocycles. The number of hydrogen-bond donors (Lipinski definition) is 0. The summed E-state index contributed by atoms with van der Waals surface area (Å²) in [5, 5.41) is 0. The maximum atomic E-state index is 12.8. The van der Waals surface area contributed by atoms with Crippen LogP contribution in [-0.2, 0) is 28.6 Å². The Morgan fingerprint density at radius 1 is 0.311 bits per heavy atom. The summed E-state index contributed by atoms with van der Waals surface area (Å²) in [6, 6.07) is 0. The normalized spacial score (nSPS) is 12.0. The van der Waals surface area contributed by atoms with E-state index in [0.29, 0.717) is 19.3 Å². The van der Waals surface area contributed by atoms with E-state index in [-0.39, 0.29) is 31.1 Å². The molecule has 0 saturated heterocycles. The van der Waals surface area contributed by atoms with E-state index >= 15 is 0 Å². The second-order valence-corrected chi connectivity index (χ2v) is 19.8. The highest BCUT2D eigenvalue weighted by Crippen LogP contribution is 2.18. The monoisotopic (exact) mass is 863 g/mol. The lowest BCUT2D eigenvalue weighted by atomic mass is 10.0. The zero-order chi connectivity index (χ0) is 44.7. The van der Waals surface area contributed by atoms with E-state index in [4.69, 9.17) is 14.2 Å². The number of carbonyl (C=O) groups is 3. The highest BCUT2D eigenvalue weighted by Gasteiger charge is 2.19. The number of esters is 3. The van der Waals surface area contributed by atoms with Crippen molar-refractivity contribution in [1.29, 1.82) is 0 Å². The third-order valence-electron chi connectivity index (χ3n) is 12.5. The first kappa shape index (κ1) is 59.4. The van der Waals surface area contributed by atoms with Crippen molar-refractivity contribution in [1.82, 2.24) is 0 Å². The van der Waals surface area contributed by atoms with E-state index in [1.165, 1.54) is 193 Å². The van der Waals surface area contributed by atoms with Gasteiger partial charge in [0.05, 0.1) is 0 Å². The van der Waals surface area contributed by atoms with Gasteiger partial charge in [-0.15, -0.1) is 0 Å². The molecule has 6 heteroatoms. The standard InChI is InChI=1S/C55H106O6/c1-6-7-8-9-10-11-12-13-14-15-18-21-24-30-35-40-45-53(56)59-48-52(61-55(58)47-42-37-32-27-26-29-34-39-44-51(4)5)49-60-54(57)46-41-36-31-25-22-19-16-17-20-23-28-33-38-43-50(2)3/h50-52H,6-49H2,1-5H3/t52-/m1/s1. The predicted molar refractivity (Wildman–Crippen MR) is 261 cm³/mol. The SMILES string of the molecule is CCCCCCCCCCCCCCCCCCC(=O)OC[C@H](COC(=O)CCCCCCCCCCCCCCCC(C)C)OC(=O)CCCCCCCCCCC(C)C. The number of carbonyl (C=O) groups excluding carboxylic acids is 3. The lowest BCUT2D eigenvalue weighted by Gasteiger charge is -2.18. The zero-order valence-electron chi connectivity index (χ0n) is 41.8. The minimum atomic E-state index is -0.762. The first-order valence-corrected chi connectivity index (χ1v) is 27.2. The maximum absolute atomic E-state index is 12.8. The van der Waals surface area contributed by atoms with Crippen molar-refractivity contribution in [3.8, 4) is 0 Å². The van der Waals surface area contributed by atoms with E-state index in [0.717, 1.165) is 69.6 Å². The fourth-order valence-electron chi connectivity index (χ4n) is 8.34. The van der Waals surface area contributed by atoms with Gasteiger partial charge in [0.1, 0.15) is 13.2 Å². The Hall–Kier alpha value is -1.59. The van der Waals surface area contributed by atoms with E-state index < -0.39 is 6.10 Å². The van der Waals surface area contributed by atoms with E-state index in [1.54, 1.807) is 0 Å². The van der Waals surface area contributed by atoms with Crippen LogP contribution < -0.4 is 0 Å². The highest BCUT2D eigenvalue weighted by atomic mass is 16.6. The third-order valence-corrected chi connectivity index (χ3v) is 12.5. The summed E-state index contributed by atoms with van der Waals surface area (Å²) >= 11 is 0. The van der Waals surface area contributed by atoms with E-state index in [2.05, 4.69) is 34.6 Å². The first-order chi connectivity index (χ1) is 29.7. The van der Waals surface area contributed by atoms with Gasteiger partial charge in [-0.05, 0) is 31.1 Å². The number of ether oxygens (including phenoxy) is 3. The molecular weight excluding hydrogens is 757 g/mol. The maximum Gasteiger partial charge on any atom is 0.306 e. The van der Waals surface area contributed by atoms with Gasteiger partial charge in [0.2, 0.25) is 0 Å². The zero-order valence-corrected chi connectivity index (χ0v) is 41.8. The summed E-state index contributed by atoms with van der Waals surface area (Å²) < 4.78 is 16.8. The van der Waals surface area contributed by atoms with Crippen LogP contribution in [0.3, 0.4) is 0 Å². The van der Waals surface area contributed by atoms with Crippen LogP contribution in [-0.4, -0.2) is 37.2 Å². The molecule has 0 aliphatic rings. The van der Waals surface area contributed by atoms with Crippen LogP contribution in [0.1, 0.15) is 304 Å². The highest BCUT2D eigenvalue weighted by molar-refractivity contribution is 5.71. The molecule has 6 nitrogen and oxygen atoms in total. The van der Waals surface area contributed by atoms with Gasteiger partial charge in [-0.3, -0.25) is 14.4 Å². The summed E-state index contributed by atoms with van der Waals surface area (Å²) in [7, 11) is 0. The van der Waals surface area contributed by atoms with Gasteiger partial charge in [0.25, 0.3) is 0 Å². The molecule has 0 aliphatic heterocycles. The first-order valence-electron chi connectivity index (χ1n) is 27.2. The van der Waals surface area contributed by atoms with Crippen molar-refractivity contribution in [2.75, 3.05) is 13.2 Å². The van der Waals surface area contributed by atoms with Gasteiger partial charge in [0, 0.05) is 19.3 Å². The Morgan fingerprint density at radius 2 is 0.541 bits per heavy atom. The average Bonchev–Trinajstić information content (AvgIpc) is 3.23. The molecule has 0 amide bonds. The second kappa shape index (κ2) is 47.9. The van der Waals surface area contributed by atoms with Crippen molar-refractivity contribution < 1.29 is 28.6 Å². The lowest BCUT2D eigenvalue weighted by Crippen LogP contribution is -2.30. The van der Waals surface area contributed by atoms with Gasteiger partial charge < -0.3 is 14.2 Å². The van der Waals surface area contributed by atoms with Crippen LogP contribution in [0.25, 0.3) is 0 Å². The van der Waals surface area contributed by atoms with E-state index in [1.807, 2.05) is 0 Å². The van der Waals surface area contributed by atoms with Crippen LogP contribution >= 0.6 is 0 Å². The van der Waals surface area contributed by atoms with Crippen molar-refractivity contribution in [3.05, 3.63) is 0 Å². The summed E-state index contributed by atoms with van der Waals surface area (Å²) in [6.45, 7) is 11.4. The van der Waals surface area contributed by atoms with Gasteiger partial charge in [-0.1, -0.05) is 266 Å². The predicted octanol–water partition coefficient (Wildman–Crippen LogP) is 17.7. The minimum Gasteiger partial charge on any atom is -0.462 e. The summed E-state index contributed by atoms with van der Waals surface area (Å²) in [5.74, 6) is 0.787. The molecule has 0 unspecified atom stereocenters. The van der Waals surface area contributed by atoms with Crippen LogP contribution in [0.4, 0.5) is 0 Å². The Labute approximate surface area is 380 Å². The van der Waals surface area contributed by atoms with Crippen LogP contribution in [0.2, 0.25) is 0 Å². The van der Waals surface area contributed by atoms with Crippen LogP contribution in [0.15, 0.2) is 0 Å². The molecule has 0 saturated carbocycles. The molecule has 0 rings (SSSR count). The van der Waals surface area contributed by atoms with Crippen LogP contribution in [0, 0.1) is 11.8 Å². The molecular formula is C55H106O6. The van der Waals surface area contributed by atoms with Crippen LogP contribution in [0.5, 0.6) is 0 Å². The molecule has 0 heterocycles. The van der Waals surface area contributed by atoms with Gasteiger partial charge in [0.15, 0.2) is 6.10 Å². The van der Waals surface area contributed by atoms with Crippen molar-refractivity contribution in [2.45, 2.75) is 310 Å². The topological polar surface area (TPSA) is 78.9 Å². The van der Waals surface area contributed by atoms with Gasteiger partial charge >= 0.3 is 17.9 Å². The molecule has 0 aromatic heterocycles. The molecule has 61 heavy (non-hydrogen) atoms. The molecule has 0 fully saturated rings. The summed E-state index contributed by atoms with van der Waals surface area (Å²) in [5.41, 5.74) is 0. The van der Waals surface area contributed by atoms with Gasteiger partial charge in [-0.2, -0.15) is 0 Å². The smallest absolute Gasteiger partial charge is 0.306 e. The van der Waals surface area contributed by atoms with Crippen molar-refractivity contribution >= 4 is 17.9 Å². The Bertz CT molecular complexity index is 931. The lowest BCUT2D eigenvalue weighted by molar-refractivity contribution is -0.167. The second-order valence-electron chi connectivity index (χ2n) is 19.8. The van der Waals surface area contributed by atoms with Gasteiger partial charge in [-0.25, -0.2) is 0 Å². The summed E-state index contributed by atoms with van der Waals surface area (Å²) in [4.78, 5) is 38.0. The van der Waals surface area contributed by atoms with Crippen molar-refractivity contribution in [2.24, 2.45) is 11.8 Å².